The van der Waals surface area contributed by atoms with Crippen molar-refractivity contribution in [2.45, 2.75) is 0 Å². The maximum Gasteiger partial charge on any atom is 0.184 e. The first-order valence-corrected chi connectivity index (χ1v) is 23.9. The average Bonchev–Trinajstić information content (AvgIpc) is 3.75. The molecule has 3 nitrogen and oxygen atoms in total. The Morgan fingerprint density at radius 1 is 0.328 bits per heavy atom. The van der Waals surface area contributed by atoms with E-state index in [-0.39, 0.29) is 0 Å². The summed E-state index contributed by atoms with van der Waals surface area (Å²) < 4.78 is 6.43. The quantitative estimate of drug-likeness (QED) is 0.142. The molecule has 0 unspecified atom stereocenters. The molecule has 0 atom stereocenters. The molecular formula is C60H42N2OSi. The molecule has 11 aromatic rings. The molecule has 0 radical (unpaired) electrons. The van der Waals surface area contributed by atoms with Gasteiger partial charge in [0.1, 0.15) is 11.2 Å². The smallest absolute Gasteiger partial charge is 0.184 e. The molecule has 0 amide bonds. The Labute approximate surface area is 374 Å². The lowest BCUT2D eigenvalue weighted by atomic mass is 10.0. The Bertz CT molecular complexity index is 3380. The van der Waals surface area contributed by atoms with Gasteiger partial charge in [0.2, 0.25) is 0 Å². The molecule has 1 aromatic heterocycles. The number of para-hydroxylation sites is 3. The van der Waals surface area contributed by atoms with Crippen LogP contribution in [0.4, 0.5) is 34.1 Å². The molecule has 302 valence electrons. The Kier molecular flexibility index (Phi) is 9.17. The Morgan fingerprint density at radius 3 is 1.48 bits per heavy atom. The Balaban J connectivity index is 1.02. The third-order valence-electron chi connectivity index (χ3n) is 12.9. The van der Waals surface area contributed by atoms with Crippen molar-refractivity contribution in [3.8, 4) is 22.3 Å². The van der Waals surface area contributed by atoms with Gasteiger partial charge in [-0.05, 0) is 110 Å². The minimum Gasteiger partial charge on any atom is -0.456 e. The summed E-state index contributed by atoms with van der Waals surface area (Å²) in [5.74, 6) is 0. The van der Waals surface area contributed by atoms with E-state index in [2.05, 4.69) is 252 Å². The van der Waals surface area contributed by atoms with Gasteiger partial charge in [0.05, 0.1) is 0 Å². The first-order chi connectivity index (χ1) is 31.7. The van der Waals surface area contributed by atoms with Gasteiger partial charge in [-0.1, -0.05) is 182 Å². The second-order valence-electron chi connectivity index (χ2n) is 16.5. The van der Waals surface area contributed by atoms with E-state index in [9.17, 15) is 0 Å². The normalized spacial score (nSPS) is 12.8. The van der Waals surface area contributed by atoms with Crippen LogP contribution in [-0.4, -0.2) is 8.07 Å². The van der Waals surface area contributed by atoms with Crippen molar-refractivity contribution in [3.05, 3.63) is 255 Å². The van der Waals surface area contributed by atoms with E-state index in [1.165, 1.54) is 48.8 Å². The van der Waals surface area contributed by atoms with E-state index in [1.807, 2.05) is 12.1 Å². The summed E-state index contributed by atoms with van der Waals surface area (Å²) in [6.45, 7) is 0. The maximum absolute atomic E-state index is 6.43. The molecule has 10 aromatic carbocycles. The molecule has 2 heterocycles. The SMILES string of the molecule is c1ccc(-c2ccc(N(c3ccc(-c4ccc5c(c4)[Si](c4ccccc4)(c4ccccc4)c4ccccc4N5c4ccccc4)cc3)c3ccc4c(c3)oc3ccccc34)cc2)cc1. The first-order valence-electron chi connectivity index (χ1n) is 21.9. The topological polar surface area (TPSA) is 19.6 Å². The molecule has 12 rings (SSSR count). The second-order valence-corrected chi connectivity index (χ2v) is 20.2. The molecular weight excluding hydrogens is 793 g/mol. The summed E-state index contributed by atoms with van der Waals surface area (Å²) in [4.78, 5) is 4.80. The van der Waals surface area contributed by atoms with Crippen molar-refractivity contribution in [2.24, 2.45) is 0 Å². The van der Waals surface area contributed by atoms with Gasteiger partial charge in [-0.2, -0.15) is 0 Å². The molecule has 64 heavy (non-hydrogen) atoms. The fraction of sp³-hybridized carbons (Fsp3) is 0. The molecule has 1 aliphatic rings. The lowest BCUT2D eigenvalue weighted by molar-refractivity contribution is 0.669. The van der Waals surface area contributed by atoms with Crippen LogP contribution >= 0.6 is 0 Å². The average molecular weight is 835 g/mol. The molecule has 0 aliphatic carbocycles. The summed E-state index contributed by atoms with van der Waals surface area (Å²) in [5, 5.41) is 7.72. The number of benzene rings is 10. The van der Waals surface area contributed by atoms with Crippen LogP contribution in [0.1, 0.15) is 0 Å². The number of furan rings is 1. The van der Waals surface area contributed by atoms with E-state index < -0.39 is 8.07 Å². The number of anilines is 6. The molecule has 0 N–H and O–H groups in total. The fourth-order valence-electron chi connectivity index (χ4n) is 10.0. The predicted molar refractivity (Wildman–Crippen MR) is 271 cm³/mol. The number of fused-ring (bicyclic) bond motifs is 5. The summed E-state index contributed by atoms with van der Waals surface area (Å²) in [5.41, 5.74) is 13.2. The monoisotopic (exact) mass is 834 g/mol. The van der Waals surface area contributed by atoms with E-state index in [1.54, 1.807) is 0 Å². The first kappa shape index (κ1) is 37.6. The summed E-state index contributed by atoms with van der Waals surface area (Å²) in [6, 6.07) is 92.9. The highest BCUT2D eigenvalue weighted by atomic mass is 28.3. The van der Waals surface area contributed by atoms with Crippen molar-refractivity contribution in [3.63, 3.8) is 0 Å². The van der Waals surface area contributed by atoms with Gasteiger partial charge in [-0.15, -0.1) is 0 Å². The highest BCUT2D eigenvalue weighted by Gasteiger charge is 2.48. The maximum atomic E-state index is 6.43. The van der Waals surface area contributed by atoms with Gasteiger partial charge < -0.3 is 14.2 Å². The molecule has 1 aliphatic heterocycles. The summed E-state index contributed by atoms with van der Waals surface area (Å²) in [7, 11) is -2.86. The van der Waals surface area contributed by atoms with Gasteiger partial charge in [0.15, 0.2) is 8.07 Å². The van der Waals surface area contributed by atoms with E-state index in [4.69, 9.17) is 4.42 Å². The van der Waals surface area contributed by atoms with Crippen LogP contribution in [-0.2, 0) is 0 Å². The number of rotatable bonds is 8. The fourth-order valence-corrected chi connectivity index (χ4v) is 15.2. The number of hydrogen-bond donors (Lipinski definition) is 0. The van der Waals surface area contributed by atoms with Crippen LogP contribution in [0.15, 0.2) is 259 Å². The van der Waals surface area contributed by atoms with E-state index in [0.29, 0.717) is 0 Å². The molecule has 0 fully saturated rings. The van der Waals surface area contributed by atoms with Crippen molar-refractivity contribution in [1.82, 2.24) is 0 Å². The minimum atomic E-state index is -2.86. The van der Waals surface area contributed by atoms with Gasteiger partial charge >= 0.3 is 0 Å². The zero-order chi connectivity index (χ0) is 42.5. The molecule has 4 heteroatoms. The van der Waals surface area contributed by atoms with Gasteiger partial charge in [-0.3, -0.25) is 0 Å². The third kappa shape index (κ3) is 6.18. The number of nitrogens with zero attached hydrogens (tertiary/aromatic N) is 2. The zero-order valence-electron chi connectivity index (χ0n) is 35.1. The van der Waals surface area contributed by atoms with Crippen molar-refractivity contribution in [2.75, 3.05) is 9.80 Å². The molecule has 0 saturated carbocycles. The molecule has 0 saturated heterocycles. The standard InChI is InChI=1S/C60H42N2OSi/c1-5-17-43(18-6-1)44-29-34-48(35-30-44)61(50-38-39-54-53-25-13-15-27-57(53)63-58(54)42-50)49-36-31-45(32-37-49)46-33-40-56-60(41-46)64(51-21-9-3-10-22-51,52-23-11-4-12-24-52)59-28-16-14-26-55(59)62(56)47-19-7-2-8-20-47/h1-42H. The lowest BCUT2D eigenvalue weighted by Gasteiger charge is -2.45. The van der Waals surface area contributed by atoms with Crippen molar-refractivity contribution >= 4 is 84.9 Å². The summed E-state index contributed by atoms with van der Waals surface area (Å²) >= 11 is 0. The highest BCUT2D eigenvalue weighted by Crippen LogP contribution is 2.42. The number of hydrogen-bond acceptors (Lipinski definition) is 3. The highest BCUT2D eigenvalue weighted by molar-refractivity contribution is 7.21. The predicted octanol–water partition coefficient (Wildman–Crippen LogP) is 13.6. The Hall–Kier alpha value is -8.18. The van der Waals surface area contributed by atoms with Crippen LogP contribution in [0.25, 0.3) is 44.2 Å². The minimum absolute atomic E-state index is 0.867. The van der Waals surface area contributed by atoms with E-state index >= 15 is 0 Å². The van der Waals surface area contributed by atoms with Crippen LogP contribution in [0.2, 0.25) is 0 Å². The zero-order valence-corrected chi connectivity index (χ0v) is 36.1. The van der Waals surface area contributed by atoms with Crippen molar-refractivity contribution in [1.29, 1.82) is 0 Å². The Morgan fingerprint density at radius 2 is 0.812 bits per heavy atom. The van der Waals surface area contributed by atoms with Crippen LogP contribution in [0, 0.1) is 0 Å². The molecule has 0 spiro atoms. The van der Waals surface area contributed by atoms with Crippen molar-refractivity contribution < 1.29 is 4.42 Å². The third-order valence-corrected chi connectivity index (χ3v) is 17.8. The van der Waals surface area contributed by atoms with Crippen LogP contribution < -0.4 is 30.5 Å². The molecule has 0 bridgehead atoms. The lowest BCUT2D eigenvalue weighted by Crippen LogP contribution is -2.77. The summed E-state index contributed by atoms with van der Waals surface area (Å²) in [6.07, 6.45) is 0. The van der Waals surface area contributed by atoms with Gasteiger partial charge in [0.25, 0.3) is 0 Å². The van der Waals surface area contributed by atoms with Gasteiger partial charge in [-0.25, -0.2) is 0 Å². The van der Waals surface area contributed by atoms with Gasteiger partial charge in [0, 0.05) is 51.0 Å². The second kappa shape index (κ2) is 15.6. The van der Waals surface area contributed by atoms with Crippen LogP contribution in [0.3, 0.4) is 0 Å². The van der Waals surface area contributed by atoms with Crippen LogP contribution in [0.5, 0.6) is 0 Å². The largest absolute Gasteiger partial charge is 0.456 e. The van der Waals surface area contributed by atoms with E-state index in [0.717, 1.165) is 50.3 Å².